The number of carbonyl (C=O) groups excluding carboxylic acids is 2. The van der Waals surface area contributed by atoms with Gasteiger partial charge in [-0.3, -0.25) is 9.59 Å². The van der Waals surface area contributed by atoms with E-state index in [0.29, 0.717) is 24.3 Å². The minimum atomic E-state index is -0.0558. The predicted octanol–water partition coefficient (Wildman–Crippen LogP) is 1.32. The van der Waals surface area contributed by atoms with Crippen LogP contribution in [0.3, 0.4) is 0 Å². The Labute approximate surface area is 119 Å². The molecule has 2 amide bonds. The van der Waals surface area contributed by atoms with Crippen molar-refractivity contribution >= 4 is 17.5 Å². The summed E-state index contributed by atoms with van der Waals surface area (Å²) in [7, 11) is 0. The third-order valence-electron chi connectivity index (χ3n) is 3.63. The number of nitrogens with two attached hydrogens (primary N) is 1. The van der Waals surface area contributed by atoms with Crippen LogP contribution < -0.4 is 11.1 Å². The number of nitrogen functional groups attached to an aromatic ring is 1. The lowest BCUT2D eigenvalue weighted by Crippen LogP contribution is -2.49. The van der Waals surface area contributed by atoms with E-state index in [9.17, 15) is 9.59 Å². The summed E-state index contributed by atoms with van der Waals surface area (Å²) in [4.78, 5) is 25.5. The van der Waals surface area contributed by atoms with Crippen LogP contribution >= 0.6 is 0 Å². The predicted molar refractivity (Wildman–Crippen MR) is 78.3 cm³/mol. The number of hydrogen-bond acceptors (Lipinski definition) is 3. The van der Waals surface area contributed by atoms with E-state index in [1.54, 1.807) is 11.0 Å². The van der Waals surface area contributed by atoms with Crippen LogP contribution in [0.15, 0.2) is 18.2 Å². The van der Waals surface area contributed by atoms with Gasteiger partial charge in [-0.05, 0) is 31.4 Å². The number of carbonyl (C=O) groups is 2. The van der Waals surface area contributed by atoms with Crippen LogP contribution in [0, 0.1) is 6.92 Å². The zero-order chi connectivity index (χ0) is 14.7. The van der Waals surface area contributed by atoms with Gasteiger partial charge in [0.25, 0.3) is 5.91 Å². The summed E-state index contributed by atoms with van der Waals surface area (Å²) in [5, 5.41) is 2.88. The Kier molecular flexibility index (Phi) is 4.27. The molecule has 1 unspecified atom stereocenters. The van der Waals surface area contributed by atoms with Crippen LogP contribution in [0.25, 0.3) is 0 Å². The first kappa shape index (κ1) is 14.4. The molecule has 108 valence electrons. The zero-order valence-electron chi connectivity index (χ0n) is 12.0. The number of likely N-dealkylation sites (tertiary alicyclic amines) is 1. The third-order valence-corrected chi connectivity index (χ3v) is 3.63. The summed E-state index contributed by atoms with van der Waals surface area (Å²) >= 11 is 0. The molecule has 0 bridgehead atoms. The lowest BCUT2D eigenvalue weighted by molar-refractivity contribution is -0.120. The Bertz CT molecular complexity index is 508. The largest absolute Gasteiger partial charge is 0.398 e. The van der Waals surface area contributed by atoms with E-state index in [-0.39, 0.29) is 17.9 Å². The van der Waals surface area contributed by atoms with Crippen molar-refractivity contribution < 1.29 is 9.59 Å². The number of benzene rings is 1. The van der Waals surface area contributed by atoms with Crippen LogP contribution in [0.1, 0.15) is 35.7 Å². The highest BCUT2D eigenvalue weighted by Crippen LogP contribution is 2.21. The summed E-state index contributed by atoms with van der Waals surface area (Å²) in [6, 6.07) is 5.52. The molecular formula is C15H21N3O2. The molecule has 0 aromatic heterocycles. The van der Waals surface area contributed by atoms with E-state index < -0.39 is 0 Å². The van der Waals surface area contributed by atoms with Crippen molar-refractivity contribution in [3.8, 4) is 0 Å². The van der Waals surface area contributed by atoms with Crippen molar-refractivity contribution in [1.82, 2.24) is 10.2 Å². The van der Waals surface area contributed by atoms with Gasteiger partial charge in [0, 0.05) is 31.7 Å². The fourth-order valence-corrected chi connectivity index (χ4v) is 2.71. The number of hydrogen-bond donors (Lipinski definition) is 2. The van der Waals surface area contributed by atoms with E-state index in [1.807, 2.05) is 19.1 Å². The molecule has 1 aromatic rings. The fraction of sp³-hybridized carbons (Fsp3) is 0.467. The average Bonchev–Trinajstić information content (AvgIpc) is 2.38. The molecule has 0 aliphatic carbocycles. The van der Waals surface area contributed by atoms with Gasteiger partial charge in [-0.25, -0.2) is 0 Å². The van der Waals surface area contributed by atoms with Crippen LogP contribution in [0.4, 0.5) is 5.69 Å². The molecular weight excluding hydrogens is 254 g/mol. The number of nitrogens with one attached hydrogen (secondary N) is 1. The first-order valence-corrected chi connectivity index (χ1v) is 6.90. The van der Waals surface area contributed by atoms with Gasteiger partial charge in [-0.15, -0.1) is 0 Å². The van der Waals surface area contributed by atoms with E-state index in [2.05, 4.69) is 5.32 Å². The quantitative estimate of drug-likeness (QED) is 0.799. The Balaban J connectivity index is 2.14. The number of aryl methyl sites for hydroxylation is 1. The Morgan fingerprint density at radius 3 is 2.80 bits per heavy atom. The minimum absolute atomic E-state index is 0.0374. The van der Waals surface area contributed by atoms with Crippen LogP contribution in [0.2, 0.25) is 0 Å². The van der Waals surface area contributed by atoms with Gasteiger partial charge in [0.1, 0.15) is 0 Å². The number of anilines is 1. The molecule has 20 heavy (non-hydrogen) atoms. The van der Waals surface area contributed by atoms with Gasteiger partial charge in [-0.2, -0.15) is 0 Å². The van der Waals surface area contributed by atoms with Gasteiger partial charge < -0.3 is 16.0 Å². The van der Waals surface area contributed by atoms with Gasteiger partial charge in [-0.1, -0.05) is 12.1 Å². The van der Waals surface area contributed by atoms with Crippen molar-refractivity contribution in [2.75, 3.05) is 18.8 Å². The Hall–Kier alpha value is -2.04. The first-order chi connectivity index (χ1) is 9.49. The number of rotatable bonds is 2. The third kappa shape index (κ3) is 3.10. The normalized spacial score (nSPS) is 18.7. The lowest BCUT2D eigenvalue weighted by atomic mass is 10.0. The summed E-state index contributed by atoms with van der Waals surface area (Å²) in [5.41, 5.74) is 7.90. The molecule has 1 atom stereocenters. The van der Waals surface area contributed by atoms with Crippen molar-refractivity contribution in [2.24, 2.45) is 0 Å². The molecule has 3 N–H and O–H groups in total. The van der Waals surface area contributed by atoms with Gasteiger partial charge in [0.2, 0.25) is 5.91 Å². The molecule has 5 nitrogen and oxygen atoms in total. The molecule has 0 radical (unpaired) electrons. The maximum Gasteiger partial charge on any atom is 0.256 e. The second-order valence-corrected chi connectivity index (χ2v) is 5.33. The second-order valence-electron chi connectivity index (χ2n) is 5.33. The second kappa shape index (κ2) is 5.94. The van der Waals surface area contributed by atoms with Crippen LogP contribution in [-0.4, -0.2) is 35.8 Å². The van der Waals surface area contributed by atoms with Crippen molar-refractivity contribution in [3.05, 3.63) is 29.3 Å². The SMILES string of the molecule is CC(=O)NC1CCCN(C(=O)c2c(C)cccc2N)C1. The molecule has 1 fully saturated rings. The molecule has 1 saturated heterocycles. The standard InChI is InChI=1S/C15H21N3O2/c1-10-5-3-7-13(16)14(10)15(20)18-8-4-6-12(9-18)17-11(2)19/h3,5,7,12H,4,6,8-9,16H2,1-2H3,(H,17,19). The average molecular weight is 275 g/mol. The molecule has 0 saturated carbocycles. The van der Waals surface area contributed by atoms with E-state index in [1.165, 1.54) is 6.92 Å². The van der Waals surface area contributed by atoms with E-state index in [0.717, 1.165) is 18.4 Å². The molecule has 5 heteroatoms. The maximum atomic E-state index is 12.6. The van der Waals surface area contributed by atoms with Gasteiger partial charge in [0.15, 0.2) is 0 Å². The molecule has 1 aromatic carbocycles. The topological polar surface area (TPSA) is 75.4 Å². The number of piperidine rings is 1. The van der Waals surface area contributed by atoms with E-state index in [4.69, 9.17) is 5.73 Å². The molecule has 1 aliphatic heterocycles. The number of amides is 2. The maximum absolute atomic E-state index is 12.6. The van der Waals surface area contributed by atoms with Crippen molar-refractivity contribution in [2.45, 2.75) is 32.7 Å². The van der Waals surface area contributed by atoms with E-state index >= 15 is 0 Å². The summed E-state index contributed by atoms with van der Waals surface area (Å²) in [5.74, 6) is -0.102. The Morgan fingerprint density at radius 2 is 2.15 bits per heavy atom. The fourth-order valence-electron chi connectivity index (χ4n) is 2.71. The smallest absolute Gasteiger partial charge is 0.256 e. The highest BCUT2D eigenvalue weighted by atomic mass is 16.2. The van der Waals surface area contributed by atoms with Gasteiger partial charge in [0.05, 0.1) is 5.56 Å². The summed E-state index contributed by atoms with van der Waals surface area (Å²) in [6.45, 7) is 4.65. The van der Waals surface area contributed by atoms with Gasteiger partial charge >= 0.3 is 0 Å². The monoisotopic (exact) mass is 275 g/mol. The van der Waals surface area contributed by atoms with Crippen LogP contribution in [0.5, 0.6) is 0 Å². The van der Waals surface area contributed by atoms with Crippen molar-refractivity contribution in [1.29, 1.82) is 0 Å². The number of nitrogens with zero attached hydrogens (tertiary/aromatic N) is 1. The Morgan fingerprint density at radius 1 is 1.40 bits per heavy atom. The lowest BCUT2D eigenvalue weighted by Gasteiger charge is -2.33. The highest BCUT2D eigenvalue weighted by molar-refractivity contribution is 6.00. The molecule has 1 heterocycles. The first-order valence-electron chi connectivity index (χ1n) is 6.90. The summed E-state index contributed by atoms with van der Waals surface area (Å²) in [6.07, 6.45) is 1.80. The molecule has 1 aliphatic rings. The highest BCUT2D eigenvalue weighted by Gasteiger charge is 2.26. The molecule has 0 spiro atoms. The van der Waals surface area contributed by atoms with Crippen LogP contribution in [-0.2, 0) is 4.79 Å². The minimum Gasteiger partial charge on any atom is -0.398 e. The zero-order valence-corrected chi connectivity index (χ0v) is 12.0. The summed E-state index contributed by atoms with van der Waals surface area (Å²) < 4.78 is 0. The molecule has 2 rings (SSSR count). The van der Waals surface area contributed by atoms with Crippen molar-refractivity contribution in [3.63, 3.8) is 0 Å².